The van der Waals surface area contributed by atoms with Crippen molar-refractivity contribution in [1.29, 1.82) is 0 Å². The summed E-state index contributed by atoms with van der Waals surface area (Å²) in [6.45, 7) is 5.37. The third kappa shape index (κ3) is 5.36. The number of carbonyl (C=O) groups excluding carboxylic acids is 3. The molecular weight excluding hydrogens is 468 g/mol. The Kier molecular flexibility index (Phi) is 6.88. The number of rotatable bonds is 5. The van der Waals surface area contributed by atoms with Crippen molar-refractivity contribution < 1.29 is 14.4 Å². The molecule has 178 valence electrons. The number of hydrogen-bond acceptors (Lipinski definition) is 6. The highest BCUT2D eigenvalue weighted by atomic mass is 35.5. The molecule has 35 heavy (non-hydrogen) atoms. The highest BCUT2D eigenvalue weighted by Gasteiger charge is 2.40. The van der Waals surface area contributed by atoms with Gasteiger partial charge < -0.3 is 0 Å². The third-order valence-electron chi connectivity index (χ3n) is 5.38. The minimum absolute atomic E-state index is 0.0819. The van der Waals surface area contributed by atoms with Crippen molar-refractivity contribution >= 4 is 41.2 Å². The van der Waals surface area contributed by atoms with Crippen LogP contribution in [0.1, 0.15) is 44.6 Å². The van der Waals surface area contributed by atoms with Crippen LogP contribution in [0.25, 0.3) is 0 Å². The number of nitrogens with one attached hydrogen (secondary N) is 2. The molecule has 4 rings (SSSR count). The first-order chi connectivity index (χ1) is 16.7. The van der Waals surface area contributed by atoms with E-state index >= 15 is 0 Å². The highest BCUT2D eigenvalue weighted by Crippen LogP contribution is 2.24. The second-order valence-electron chi connectivity index (χ2n) is 8.08. The van der Waals surface area contributed by atoms with Crippen molar-refractivity contribution in [3.8, 4) is 0 Å². The largest absolute Gasteiger partial charge is 0.295 e. The monoisotopic (exact) mass is 490 g/mol. The Labute approximate surface area is 207 Å². The lowest BCUT2D eigenvalue weighted by Gasteiger charge is -2.22. The number of imide groups is 1. The SMILES string of the molecule is Cc1cc(C)nc(NC(=NCc2ccc(Cl)cc2)NC(=O)[C@H](C)N2C(=O)c3ccccc3C2=O)n1. The number of guanidine groups is 1. The Balaban J connectivity index is 1.56. The van der Waals surface area contributed by atoms with Gasteiger partial charge in [0.05, 0.1) is 17.7 Å². The van der Waals surface area contributed by atoms with Crippen LogP contribution in [0.4, 0.5) is 5.95 Å². The molecule has 0 saturated carbocycles. The predicted molar refractivity (Wildman–Crippen MR) is 132 cm³/mol. The number of halogens is 1. The van der Waals surface area contributed by atoms with Crippen LogP contribution in [0, 0.1) is 13.8 Å². The Bertz CT molecular complexity index is 1280. The van der Waals surface area contributed by atoms with Gasteiger partial charge in [0, 0.05) is 16.4 Å². The standard InChI is InChI=1S/C25H23ClN6O3/c1-14-12-15(2)29-25(28-14)31-24(27-13-17-8-10-18(26)11-9-17)30-21(33)16(3)32-22(34)19-6-4-5-7-20(19)23(32)35/h4-12,16H,13H2,1-3H3,(H2,27,28,29,30,31,33)/t16-/m0/s1. The first-order valence-corrected chi connectivity index (χ1v) is 11.3. The Morgan fingerprint density at radius 1 is 1.00 bits per heavy atom. The van der Waals surface area contributed by atoms with E-state index in [-0.39, 0.29) is 29.6 Å². The number of benzene rings is 2. The van der Waals surface area contributed by atoms with E-state index in [0.717, 1.165) is 21.9 Å². The highest BCUT2D eigenvalue weighted by molar-refractivity contribution is 6.30. The lowest BCUT2D eigenvalue weighted by atomic mass is 10.1. The second kappa shape index (κ2) is 10.0. The minimum atomic E-state index is -1.08. The van der Waals surface area contributed by atoms with Gasteiger partial charge in [-0.1, -0.05) is 35.9 Å². The maximum atomic E-state index is 13.1. The van der Waals surface area contributed by atoms with Gasteiger partial charge in [0.25, 0.3) is 11.8 Å². The van der Waals surface area contributed by atoms with Gasteiger partial charge in [0.15, 0.2) is 0 Å². The third-order valence-corrected chi connectivity index (χ3v) is 5.63. The lowest BCUT2D eigenvalue weighted by molar-refractivity contribution is -0.123. The number of nitrogens with zero attached hydrogens (tertiary/aromatic N) is 4. The van der Waals surface area contributed by atoms with Crippen molar-refractivity contribution in [2.24, 2.45) is 4.99 Å². The molecule has 2 heterocycles. The van der Waals surface area contributed by atoms with E-state index in [0.29, 0.717) is 5.02 Å². The van der Waals surface area contributed by atoms with Gasteiger partial charge in [0.2, 0.25) is 17.8 Å². The summed E-state index contributed by atoms with van der Waals surface area (Å²) < 4.78 is 0. The first kappa shape index (κ1) is 24.0. The zero-order valence-electron chi connectivity index (χ0n) is 19.4. The molecular formula is C25H23ClN6O3. The quantitative estimate of drug-likeness (QED) is 0.321. The maximum Gasteiger partial charge on any atom is 0.262 e. The van der Waals surface area contributed by atoms with Crippen LogP contribution in [-0.2, 0) is 11.3 Å². The number of aliphatic imine (C=N–C) groups is 1. The maximum absolute atomic E-state index is 13.1. The second-order valence-corrected chi connectivity index (χ2v) is 8.52. The number of carbonyl (C=O) groups is 3. The molecule has 3 amide bonds. The average molecular weight is 491 g/mol. The number of aryl methyl sites for hydroxylation is 2. The van der Waals surface area contributed by atoms with Crippen molar-refractivity contribution in [2.75, 3.05) is 5.32 Å². The summed E-state index contributed by atoms with van der Waals surface area (Å²) in [6.07, 6.45) is 0. The van der Waals surface area contributed by atoms with Gasteiger partial charge >= 0.3 is 0 Å². The summed E-state index contributed by atoms with van der Waals surface area (Å²) in [5, 5.41) is 6.22. The molecule has 0 saturated heterocycles. The van der Waals surface area contributed by atoms with Gasteiger partial charge in [0.1, 0.15) is 6.04 Å². The van der Waals surface area contributed by atoms with Gasteiger partial charge in [-0.3, -0.25) is 29.9 Å². The molecule has 0 unspecified atom stereocenters. The van der Waals surface area contributed by atoms with E-state index in [1.54, 1.807) is 36.4 Å². The number of hydrogen-bond donors (Lipinski definition) is 2. The van der Waals surface area contributed by atoms with Crippen molar-refractivity contribution in [2.45, 2.75) is 33.4 Å². The molecule has 1 aliphatic heterocycles. The molecule has 3 aromatic rings. The Morgan fingerprint density at radius 2 is 1.57 bits per heavy atom. The summed E-state index contributed by atoms with van der Waals surface area (Å²) in [6, 6.07) is 14.4. The normalized spacial score (nSPS) is 14.1. The number of anilines is 1. The van der Waals surface area contributed by atoms with Gasteiger partial charge in [-0.05, 0) is 56.7 Å². The van der Waals surface area contributed by atoms with Crippen LogP contribution in [-0.4, -0.2) is 44.6 Å². The summed E-state index contributed by atoms with van der Waals surface area (Å²) in [7, 11) is 0. The van der Waals surface area contributed by atoms with Crippen molar-refractivity contribution in [1.82, 2.24) is 20.2 Å². The summed E-state index contributed by atoms with van der Waals surface area (Å²) in [5.74, 6) is -1.28. The molecule has 2 N–H and O–H groups in total. The van der Waals surface area contributed by atoms with Crippen LogP contribution < -0.4 is 10.6 Å². The number of aromatic nitrogens is 2. The summed E-state index contributed by atoms with van der Waals surface area (Å²) >= 11 is 5.95. The average Bonchev–Trinajstić information content (AvgIpc) is 3.07. The summed E-state index contributed by atoms with van der Waals surface area (Å²) in [5.41, 5.74) is 2.88. The number of amides is 3. The zero-order valence-corrected chi connectivity index (χ0v) is 20.1. The van der Waals surface area contributed by atoms with E-state index in [9.17, 15) is 14.4 Å². The van der Waals surface area contributed by atoms with E-state index in [4.69, 9.17) is 11.6 Å². The van der Waals surface area contributed by atoms with Gasteiger partial charge in [-0.15, -0.1) is 0 Å². The van der Waals surface area contributed by atoms with E-state index in [1.807, 2.05) is 32.0 Å². The smallest absolute Gasteiger partial charge is 0.262 e. The molecule has 1 aromatic heterocycles. The van der Waals surface area contributed by atoms with Gasteiger partial charge in [-0.25, -0.2) is 15.0 Å². The molecule has 2 aromatic carbocycles. The molecule has 1 aliphatic rings. The topological polar surface area (TPSA) is 117 Å². The Hall–Kier alpha value is -4.11. The lowest BCUT2D eigenvalue weighted by Crippen LogP contribution is -2.50. The fraction of sp³-hybridized carbons (Fsp3) is 0.200. The fourth-order valence-electron chi connectivity index (χ4n) is 3.66. The summed E-state index contributed by atoms with van der Waals surface area (Å²) in [4.78, 5) is 52.8. The van der Waals surface area contributed by atoms with Crippen molar-refractivity contribution in [3.63, 3.8) is 0 Å². The zero-order chi connectivity index (χ0) is 25.1. The Morgan fingerprint density at radius 3 is 2.14 bits per heavy atom. The van der Waals surface area contributed by atoms with E-state index < -0.39 is 23.8 Å². The molecule has 0 spiro atoms. The van der Waals surface area contributed by atoms with Crippen LogP contribution in [0.3, 0.4) is 0 Å². The first-order valence-electron chi connectivity index (χ1n) is 10.9. The molecule has 0 bridgehead atoms. The predicted octanol–water partition coefficient (Wildman–Crippen LogP) is 3.52. The molecule has 0 fully saturated rings. The van der Waals surface area contributed by atoms with Crippen molar-refractivity contribution in [3.05, 3.63) is 87.7 Å². The van der Waals surface area contributed by atoms with Crippen LogP contribution in [0.15, 0.2) is 59.6 Å². The minimum Gasteiger partial charge on any atom is -0.295 e. The van der Waals surface area contributed by atoms with Crippen LogP contribution in [0.2, 0.25) is 5.02 Å². The van der Waals surface area contributed by atoms with Gasteiger partial charge in [-0.2, -0.15) is 0 Å². The number of fused-ring (bicyclic) bond motifs is 1. The van der Waals surface area contributed by atoms with Crippen LogP contribution in [0.5, 0.6) is 0 Å². The van der Waals surface area contributed by atoms with E-state index in [2.05, 4.69) is 25.6 Å². The fourth-order valence-corrected chi connectivity index (χ4v) is 3.78. The molecule has 9 nitrogen and oxygen atoms in total. The molecule has 1 atom stereocenters. The van der Waals surface area contributed by atoms with Crippen LogP contribution >= 0.6 is 11.6 Å². The molecule has 10 heteroatoms. The molecule has 0 aliphatic carbocycles. The van der Waals surface area contributed by atoms with E-state index in [1.165, 1.54) is 6.92 Å². The molecule has 0 radical (unpaired) electrons.